The van der Waals surface area contributed by atoms with Crippen molar-refractivity contribution >= 4 is 16.6 Å². The van der Waals surface area contributed by atoms with Gasteiger partial charge in [-0.1, -0.05) is 19.1 Å². The first kappa shape index (κ1) is 16.1. The summed E-state index contributed by atoms with van der Waals surface area (Å²) in [6, 6.07) is 8.42. The van der Waals surface area contributed by atoms with Crippen LogP contribution in [0.1, 0.15) is 19.0 Å². The average Bonchev–Trinajstić information content (AvgIpc) is 3.01. The van der Waals surface area contributed by atoms with Crippen LogP contribution in [0.15, 0.2) is 24.3 Å². The number of hydrogen-bond acceptors (Lipinski definition) is 4. The van der Waals surface area contributed by atoms with E-state index in [1.807, 2.05) is 6.07 Å². The molecule has 1 fully saturated rings. The average molecular weight is 313 g/mol. The van der Waals surface area contributed by atoms with Crippen LogP contribution in [-0.2, 0) is 0 Å². The zero-order chi connectivity index (χ0) is 16.4. The second-order valence-corrected chi connectivity index (χ2v) is 6.59. The van der Waals surface area contributed by atoms with E-state index in [-0.39, 0.29) is 0 Å². The minimum absolute atomic E-state index is 0.745. The van der Waals surface area contributed by atoms with E-state index in [9.17, 15) is 0 Å². The fourth-order valence-corrected chi connectivity index (χ4v) is 3.53. The van der Waals surface area contributed by atoms with Gasteiger partial charge >= 0.3 is 0 Å². The summed E-state index contributed by atoms with van der Waals surface area (Å²) in [5.41, 5.74) is 3.32. The van der Waals surface area contributed by atoms with Crippen molar-refractivity contribution in [2.45, 2.75) is 20.3 Å². The van der Waals surface area contributed by atoms with Crippen molar-refractivity contribution < 1.29 is 4.74 Å². The zero-order valence-corrected chi connectivity index (χ0v) is 14.7. The molecule has 2 aromatic rings. The van der Waals surface area contributed by atoms with Crippen LogP contribution in [0.3, 0.4) is 0 Å². The third-order valence-corrected chi connectivity index (χ3v) is 4.86. The summed E-state index contributed by atoms with van der Waals surface area (Å²) in [6.45, 7) is 8.83. The number of aromatic nitrogens is 1. The molecule has 124 valence electrons. The molecule has 1 aliphatic heterocycles. The van der Waals surface area contributed by atoms with E-state index in [1.165, 1.54) is 24.0 Å². The van der Waals surface area contributed by atoms with Crippen molar-refractivity contribution in [3.05, 3.63) is 30.0 Å². The van der Waals surface area contributed by atoms with E-state index >= 15 is 0 Å². The Kier molecular flexibility index (Phi) is 4.71. The maximum atomic E-state index is 5.50. The quantitative estimate of drug-likeness (QED) is 0.846. The first-order chi connectivity index (χ1) is 11.1. The van der Waals surface area contributed by atoms with Crippen LogP contribution in [0.4, 0.5) is 5.69 Å². The highest BCUT2D eigenvalue weighted by atomic mass is 16.5. The number of fused-ring (bicyclic) bond motifs is 1. The van der Waals surface area contributed by atoms with Crippen LogP contribution in [0.25, 0.3) is 10.9 Å². The van der Waals surface area contributed by atoms with Crippen molar-refractivity contribution in [2.24, 2.45) is 5.92 Å². The summed E-state index contributed by atoms with van der Waals surface area (Å²) in [5.74, 6) is 1.60. The van der Waals surface area contributed by atoms with Crippen LogP contribution in [0, 0.1) is 12.8 Å². The Bertz CT molecular complexity index is 686. The molecule has 0 amide bonds. The van der Waals surface area contributed by atoms with Crippen LogP contribution in [0.5, 0.6) is 5.75 Å². The predicted molar refractivity (Wildman–Crippen MR) is 96.5 cm³/mol. The van der Waals surface area contributed by atoms with E-state index in [0.717, 1.165) is 42.5 Å². The van der Waals surface area contributed by atoms with Crippen LogP contribution in [0.2, 0.25) is 0 Å². The van der Waals surface area contributed by atoms with Gasteiger partial charge in [0, 0.05) is 36.4 Å². The highest BCUT2D eigenvalue weighted by Crippen LogP contribution is 2.34. The summed E-state index contributed by atoms with van der Waals surface area (Å²) >= 11 is 0. The van der Waals surface area contributed by atoms with Gasteiger partial charge in [-0.05, 0) is 45.0 Å². The van der Waals surface area contributed by atoms with E-state index in [4.69, 9.17) is 9.72 Å². The molecule has 1 unspecified atom stereocenters. The number of methoxy groups -OCH3 is 1. The number of anilines is 1. The number of benzene rings is 1. The topological polar surface area (TPSA) is 28.6 Å². The van der Waals surface area contributed by atoms with Gasteiger partial charge in [0.2, 0.25) is 0 Å². The molecule has 0 saturated carbocycles. The molecule has 0 radical (unpaired) electrons. The summed E-state index contributed by atoms with van der Waals surface area (Å²) in [5, 5.41) is 1.19. The van der Waals surface area contributed by atoms with Crippen LogP contribution in [-0.4, -0.2) is 50.2 Å². The zero-order valence-electron chi connectivity index (χ0n) is 14.7. The lowest BCUT2D eigenvalue weighted by Crippen LogP contribution is -2.28. The van der Waals surface area contributed by atoms with E-state index in [2.05, 4.69) is 48.9 Å². The minimum Gasteiger partial charge on any atom is -0.494 e. The van der Waals surface area contributed by atoms with E-state index in [1.54, 1.807) is 7.11 Å². The largest absolute Gasteiger partial charge is 0.494 e. The van der Waals surface area contributed by atoms with Crippen molar-refractivity contribution in [1.29, 1.82) is 0 Å². The maximum Gasteiger partial charge on any atom is 0.145 e. The predicted octanol–water partition coefficient (Wildman–Crippen LogP) is 3.33. The van der Waals surface area contributed by atoms with Gasteiger partial charge in [0.25, 0.3) is 0 Å². The molecular weight excluding hydrogens is 286 g/mol. The van der Waals surface area contributed by atoms with Gasteiger partial charge in [0.15, 0.2) is 0 Å². The second kappa shape index (κ2) is 6.75. The molecule has 0 N–H and O–H groups in total. The number of pyridine rings is 1. The Morgan fingerprint density at radius 2 is 2.22 bits per heavy atom. The Morgan fingerprint density at radius 3 is 2.96 bits per heavy atom. The molecule has 0 aliphatic carbocycles. The molecule has 0 bridgehead atoms. The van der Waals surface area contributed by atoms with Gasteiger partial charge < -0.3 is 14.5 Å². The summed E-state index contributed by atoms with van der Waals surface area (Å²) in [7, 11) is 3.92. The highest BCUT2D eigenvalue weighted by Gasteiger charge is 2.25. The Labute approximate surface area is 139 Å². The van der Waals surface area contributed by atoms with Gasteiger partial charge in [-0.25, -0.2) is 4.98 Å². The summed E-state index contributed by atoms with van der Waals surface area (Å²) in [6.07, 6.45) is 1.26. The summed E-state index contributed by atoms with van der Waals surface area (Å²) < 4.78 is 5.50. The molecule has 1 aromatic carbocycles. The van der Waals surface area contributed by atoms with Gasteiger partial charge in [0.05, 0.1) is 7.11 Å². The van der Waals surface area contributed by atoms with Crippen molar-refractivity contribution in [3.8, 4) is 5.75 Å². The fourth-order valence-electron chi connectivity index (χ4n) is 3.53. The Hall–Kier alpha value is -1.81. The number of rotatable bonds is 5. The number of hydrogen-bond donors (Lipinski definition) is 0. The Balaban J connectivity index is 1.91. The van der Waals surface area contributed by atoms with Crippen molar-refractivity contribution in [3.63, 3.8) is 0 Å². The molecule has 2 heterocycles. The van der Waals surface area contributed by atoms with E-state index < -0.39 is 0 Å². The first-order valence-corrected chi connectivity index (χ1v) is 8.50. The smallest absolute Gasteiger partial charge is 0.145 e. The SMILES string of the molecule is CCN(C)CC1CCN(c2cc(C)nc3c(OC)cccc23)C1. The van der Waals surface area contributed by atoms with Crippen LogP contribution >= 0.6 is 0 Å². The molecule has 1 saturated heterocycles. The van der Waals surface area contributed by atoms with Gasteiger partial charge in [-0.2, -0.15) is 0 Å². The molecule has 0 spiro atoms. The first-order valence-electron chi connectivity index (χ1n) is 8.50. The maximum absolute atomic E-state index is 5.50. The van der Waals surface area contributed by atoms with E-state index in [0.29, 0.717) is 0 Å². The summed E-state index contributed by atoms with van der Waals surface area (Å²) in [4.78, 5) is 9.63. The van der Waals surface area contributed by atoms with Gasteiger partial charge in [0.1, 0.15) is 11.3 Å². The molecule has 1 aromatic heterocycles. The molecule has 4 nitrogen and oxygen atoms in total. The Morgan fingerprint density at radius 1 is 1.39 bits per heavy atom. The van der Waals surface area contributed by atoms with Gasteiger partial charge in [-0.15, -0.1) is 0 Å². The number of aryl methyl sites for hydroxylation is 1. The molecule has 4 heteroatoms. The third-order valence-electron chi connectivity index (χ3n) is 4.86. The normalized spacial score (nSPS) is 18.1. The standard InChI is InChI=1S/C19H27N3O/c1-5-21(3)12-15-9-10-22(13-15)17-11-14(2)20-19-16(17)7-6-8-18(19)23-4/h6-8,11,15H,5,9-10,12-13H2,1-4H3. The molecule has 23 heavy (non-hydrogen) atoms. The number of ether oxygens (including phenoxy) is 1. The lowest BCUT2D eigenvalue weighted by Gasteiger charge is -2.23. The minimum atomic E-state index is 0.745. The second-order valence-electron chi connectivity index (χ2n) is 6.59. The van der Waals surface area contributed by atoms with Crippen molar-refractivity contribution in [1.82, 2.24) is 9.88 Å². The van der Waals surface area contributed by atoms with Gasteiger partial charge in [-0.3, -0.25) is 0 Å². The number of nitrogens with zero attached hydrogens (tertiary/aromatic N) is 3. The molecule has 3 rings (SSSR count). The lowest BCUT2D eigenvalue weighted by molar-refractivity contribution is 0.300. The highest BCUT2D eigenvalue weighted by molar-refractivity contribution is 5.95. The molecular formula is C19H27N3O. The third kappa shape index (κ3) is 3.27. The molecule has 1 aliphatic rings. The molecule has 1 atom stereocenters. The number of para-hydroxylation sites is 1. The van der Waals surface area contributed by atoms with Crippen molar-refractivity contribution in [2.75, 3.05) is 45.2 Å². The fraction of sp³-hybridized carbons (Fsp3) is 0.526. The lowest BCUT2D eigenvalue weighted by atomic mass is 10.1. The van der Waals surface area contributed by atoms with Crippen LogP contribution < -0.4 is 9.64 Å². The monoisotopic (exact) mass is 313 g/mol.